The number of hydrazone groups is 1. The Morgan fingerprint density at radius 3 is 2.74 bits per heavy atom. The van der Waals surface area contributed by atoms with Crippen LogP contribution in [0, 0.1) is 0 Å². The molecule has 0 aliphatic carbocycles. The number of furan rings is 1. The third kappa shape index (κ3) is 2.80. The largest absolute Gasteiger partial charge is 0.497 e. The number of rotatable bonds is 3. The summed E-state index contributed by atoms with van der Waals surface area (Å²) in [6.07, 6.45) is 2.14. The zero-order chi connectivity index (χ0) is 18.4. The Labute approximate surface area is 165 Å². The van der Waals surface area contributed by atoms with Crippen molar-refractivity contribution in [3.63, 3.8) is 0 Å². The fourth-order valence-corrected chi connectivity index (χ4v) is 4.02. The van der Waals surface area contributed by atoms with Gasteiger partial charge in [0.25, 0.3) is 0 Å². The summed E-state index contributed by atoms with van der Waals surface area (Å²) >= 11 is 3.57. The van der Waals surface area contributed by atoms with Gasteiger partial charge in [0.2, 0.25) is 6.23 Å². The number of ether oxygens (including phenoxy) is 2. The Balaban J connectivity index is 1.59. The summed E-state index contributed by atoms with van der Waals surface area (Å²) in [6, 6.07) is 18.0. The quantitative estimate of drug-likeness (QED) is 0.572. The summed E-state index contributed by atoms with van der Waals surface area (Å²) in [6.45, 7) is 0. The number of fused-ring (bicyclic) bond motifs is 3. The first-order valence-corrected chi connectivity index (χ1v) is 9.52. The molecule has 0 saturated heterocycles. The monoisotopic (exact) mass is 424 g/mol. The number of nitrogens with zero attached hydrogens (tertiary/aromatic N) is 2. The third-order valence-corrected chi connectivity index (χ3v) is 5.45. The summed E-state index contributed by atoms with van der Waals surface area (Å²) < 4.78 is 18.2. The van der Waals surface area contributed by atoms with Crippen molar-refractivity contribution in [3.05, 3.63) is 82.2 Å². The van der Waals surface area contributed by atoms with Crippen LogP contribution in [0.15, 0.2) is 74.9 Å². The molecule has 0 spiro atoms. The van der Waals surface area contributed by atoms with Gasteiger partial charge in [0, 0.05) is 22.0 Å². The van der Waals surface area contributed by atoms with E-state index in [1.165, 1.54) is 0 Å². The summed E-state index contributed by atoms with van der Waals surface area (Å²) in [4.78, 5) is 0. The highest BCUT2D eigenvalue weighted by atomic mass is 79.9. The molecule has 2 aliphatic rings. The van der Waals surface area contributed by atoms with E-state index >= 15 is 0 Å². The normalized spacial score (nSPS) is 20.5. The predicted molar refractivity (Wildman–Crippen MR) is 105 cm³/mol. The van der Waals surface area contributed by atoms with Crippen LogP contribution in [-0.2, 0) is 0 Å². The molecule has 2 atom stereocenters. The van der Waals surface area contributed by atoms with Crippen molar-refractivity contribution < 1.29 is 13.9 Å². The smallest absolute Gasteiger partial charge is 0.213 e. The molecule has 0 fully saturated rings. The van der Waals surface area contributed by atoms with Crippen LogP contribution in [0.2, 0.25) is 0 Å². The summed E-state index contributed by atoms with van der Waals surface area (Å²) in [5.41, 5.74) is 3.08. The Bertz CT molecular complexity index is 999. The first kappa shape index (κ1) is 16.4. The SMILES string of the molecule is COc1ccc([C@@H]2Oc3ccc(Br)cc3[C@H]3CC(c4ccco4)=NN32)cc1. The van der Waals surface area contributed by atoms with E-state index in [-0.39, 0.29) is 12.3 Å². The second-order valence-corrected chi connectivity index (χ2v) is 7.47. The van der Waals surface area contributed by atoms with Crippen LogP contribution in [0.5, 0.6) is 11.5 Å². The Morgan fingerprint density at radius 1 is 1.15 bits per heavy atom. The maximum Gasteiger partial charge on any atom is 0.213 e. The van der Waals surface area contributed by atoms with E-state index in [2.05, 4.69) is 22.0 Å². The number of halogens is 1. The lowest BCUT2D eigenvalue weighted by molar-refractivity contribution is -0.0191. The van der Waals surface area contributed by atoms with Crippen LogP contribution in [0.3, 0.4) is 0 Å². The molecule has 0 bridgehead atoms. The second kappa shape index (κ2) is 6.46. The molecule has 5 nitrogen and oxygen atoms in total. The molecule has 0 radical (unpaired) electrons. The van der Waals surface area contributed by atoms with Gasteiger partial charge in [0.1, 0.15) is 23.0 Å². The maximum atomic E-state index is 6.35. The molecule has 27 heavy (non-hydrogen) atoms. The fourth-order valence-electron chi connectivity index (χ4n) is 3.64. The minimum absolute atomic E-state index is 0.0958. The van der Waals surface area contributed by atoms with Crippen molar-refractivity contribution in [2.75, 3.05) is 7.11 Å². The molecular formula is C21H17BrN2O3. The minimum atomic E-state index is -0.304. The lowest BCUT2D eigenvalue weighted by Crippen LogP contribution is -2.33. The van der Waals surface area contributed by atoms with Crippen molar-refractivity contribution in [2.45, 2.75) is 18.7 Å². The van der Waals surface area contributed by atoms with E-state index in [1.54, 1.807) is 13.4 Å². The highest BCUT2D eigenvalue weighted by Gasteiger charge is 2.41. The molecule has 0 amide bonds. The molecule has 0 unspecified atom stereocenters. The number of hydrogen-bond acceptors (Lipinski definition) is 5. The Morgan fingerprint density at radius 2 is 2.00 bits per heavy atom. The average molecular weight is 425 g/mol. The second-order valence-electron chi connectivity index (χ2n) is 6.55. The van der Waals surface area contributed by atoms with Gasteiger partial charge in [-0.15, -0.1) is 0 Å². The highest BCUT2D eigenvalue weighted by Crippen LogP contribution is 2.48. The highest BCUT2D eigenvalue weighted by molar-refractivity contribution is 9.10. The van der Waals surface area contributed by atoms with Gasteiger partial charge in [0.15, 0.2) is 0 Å². The lowest BCUT2D eigenvalue weighted by atomic mass is 9.97. The first-order chi connectivity index (χ1) is 13.2. The van der Waals surface area contributed by atoms with E-state index in [1.807, 2.05) is 53.5 Å². The molecule has 0 N–H and O–H groups in total. The van der Waals surface area contributed by atoms with Gasteiger partial charge in [-0.25, -0.2) is 5.01 Å². The van der Waals surface area contributed by atoms with Crippen LogP contribution in [0.4, 0.5) is 0 Å². The zero-order valence-corrected chi connectivity index (χ0v) is 16.2. The summed E-state index contributed by atoms with van der Waals surface area (Å²) in [5.74, 6) is 2.50. The molecule has 2 aliphatic heterocycles. The molecule has 0 saturated carbocycles. The van der Waals surface area contributed by atoms with Crippen LogP contribution in [0.25, 0.3) is 0 Å². The van der Waals surface area contributed by atoms with E-state index < -0.39 is 0 Å². The van der Waals surface area contributed by atoms with Gasteiger partial charge in [-0.05, 0) is 54.6 Å². The van der Waals surface area contributed by atoms with Crippen molar-refractivity contribution in [3.8, 4) is 11.5 Å². The molecule has 5 rings (SSSR count). The van der Waals surface area contributed by atoms with Gasteiger partial charge >= 0.3 is 0 Å². The van der Waals surface area contributed by atoms with Crippen LogP contribution in [0.1, 0.15) is 35.6 Å². The van der Waals surface area contributed by atoms with Gasteiger partial charge in [-0.2, -0.15) is 5.10 Å². The van der Waals surface area contributed by atoms with Gasteiger partial charge < -0.3 is 13.9 Å². The minimum Gasteiger partial charge on any atom is -0.497 e. The van der Waals surface area contributed by atoms with Crippen molar-refractivity contribution >= 4 is 21.6 Å². The molecule has 136 valence electrons. The summed E-state index contributed by atoms with van der Waals surface area (Å²) in [5, 5.41) is 6.90. The molecule has 6 heteroatoms. The van der Waals surface area contributed by atoms with Crippen molar-refractivity contribution in [1.29, 1.82) is 0 Å². The van der Waals surface area contributed by atoms with E-state index in [0.717, 1.165) is 45.0 Å². The third-order valence-electron chi connectivity index (χ3n) is 4.96. The van der Waals surface area contributed by atoms with Crippen molar-refractivity contribution in [1.82, 2.24) is 5.01 Å². The van der Waals surface area contributed by atoms with Crippen LogP contribution in [-0.4, -0.2) is 17.8 Å². The predicted octanol–water partition coefficient (Wildman–Crippen LogP) is 5.29. The van der Waals surface area contributed by atoms with E-state index in [4.69, 9.17) is 19.0 Å². The van der Waals surface area contributed by atoms with Crippen LogP contribution >= 0.6 is 15.9 Å². The fraction of sp³-hybridized carbons (Fsp3) is 0.190. The Kier molecular flexibility index (Phi) is 3.93. The molecule has 2 aromatic carbocycles. The van der Waals surface area contributed by atoms with Crippen LogP contribution < -0.4 is 9.47 Å². The zero-order valence-electron chi connectivity index (χ0n) is 14.6. The van der Waals surface area contributed by atoms with Gasteiger partial charge in [-0.3, -0.25) is 0 Å². The molecular weight excluding hydrogens is 408 g/mol. The Hall–Kier alpha value is -2.73. The number of benzene rings is 2. The first-order valence-electron chi connectivity index (χ1n) is 8.72. The molecule has 1 aromatic heterocycles. The molecule has 3 heterocycles. The van der Waals surface area contributed by atoms with E-state index in [0.29, 0.717) is 0 Å². The lowest BCUT2D eigenvalue weighted by Gasteiger charge is -2.38. The van der Waals surface area contributed by atoms with Crippen molar-refractivity contribution in [2.24, 2.45) is 5.10 Å². The number of hydrogen-bond donors (Lipinski definition) is 0. The van der Waals surface area contributed by atoms with Gasteiger partial charge in [0.05, 0.1) is 19.4 Å². The van der Waals surface area contributed by atoms with Gasteiger partial charge in [-0.1, -0.05) is 15.9 Å². The standard InChI is InChI=1S/C21H17BrN2O3/c1-25-15-7-4-13(5-8-15)21-24-18(12-17(23-24)20-3-2-10-26-20)16-11-14(22)6-9-19(16)27-21/h2-11,18,21H,12H2,1H3/t18-,21+/m1/s1. The maximum absolute atomic E-state index is 6.35. The molecule has 3 aromatic rings. The number of methoxy groups -OCH3 is 1. The van der Waals surface area contributed by atoms with E-state index in [9.17, 15) is 0 Å². The average Bonchev–Trinajstić information content (AvgIpc) is 3.37. The topological polar surface area (TPSA) is 47.2 Å². The summed E-state index contributed by atoms with van der Waals surface area (Å²) in [7, 11) is 1.66.